The molecule has 1 aliphatic carbocycles. The standard InChI is InChI=1S/C27H32N4O8/c1-2-20(16-7-4-3-5-8-16)30-26(34)29-11-10-19-21(24-25(39-24)23(33)22(19)31(29)27(30)35)28-38-14-17(32)13-36-15-18-9-6-12-37-18/h3-9,12,17,19-20,22-25,32-33H,2,10-11,13-15H2,1H3/b28-21-/t17-,19+,20-,22+,23-,24+,25-/m0/s1. The summed E-state index contributed by atoms with van der Waals surface area (Å²) in [6, 6.07) is 11.9. The van der Waals surface area contributed by atoms with Crippen LogP contribution in [-0.4, -0.2) is 67.5 Å². The Balaban J connectivity index is 1.21. The van der Waals surface area contributed by atoms with Gasteiger partial charge in [0.15, 0.2) is 0 Å². The number of aliphatic hydroxyl groups is 2. The highest BCUT2D eigenvalue weighted by Crippen LogP contribution is 2.46. The zero-order chi connectivity index (χ0) is 27.1. The lowest BCUT2D eigenvalue weighted by Gasteiger charge is -2.38. The molecule has 3 aliphatic rings. The van der Waals surface area contributed by atoms with E-state index >= 15 is 0 Å². The third-order valence-electron chi connectivity index (χ3n) is 7.77. The predicted molar refractivity (Wildman–Crippen MR) is 137 cm³/mol. The summed E-state index contributed by atoms with van der Waals surface area (Å²) >= 11 is 0. The largest absolute Gasteiger partial charge is 0.467 e. The second-order valence-corrected chi connectivity index (χ2v) is 10.2. The zero-order valence-corrected chi connectivity index (χ0v) is 21.5. The number of oxime groups is 1. The van der Waals surface area contributed by atoms with Crippen molar-refractivity contribution in [1.82, 2.24) is 13.9 Å². The number of aromatic nitrogens is 3. The Morgan fingerprint density at radius 2 is 1.95 bits per heavy atom. The summed E-state index contributed by atoms with van der Waals surface area (Å²) in [6.45, 7) is 2.39. The van der Waals surface area contributed by atoms with Crippen LogP contribution in [0.4, 0.5) is 0 Å². The fourth-order valence-corrected chi connectivity index (χ4v) is 5.90. The highest BCUT2D eigenvalue weighted by molar-refractivity contribution is 5.94. The lowest BCUT2D eigenvalue weighted by molar-refractivity contribution is -0.0264. The van der Waals surface area contributed by atoms with E-state index in [1.807, 2.05) is 37.3 Å². The van der Waals surface area contributed by atoms with Crippen LogP contribution in [0.5, 0.6) is 0 Å². The SMILES string of the molecule is CC[C@@H](c1ccccc1)n1c(=O)n2n(c1=O)[C@H]1[C@H](O)[C@@H]3O[C@@H]3/C(=N\OC[C@@H](O)COCc3ccco3)[C@H]1CC2. The first-order valence-corrected chi connectivity index (χ1v) is 13.3. The monoisotopic (exact) mass is 540 g/mol. The molecule has 12 nitrogen and oxygen atoms in total. The average Bonchev–Trinajstić information content (AvgIpc) is 3.51. The first-order chi connectivity index (χ1) is 19.0. The quantitative estimate of drug-likeness (QED) is 0.287. The Bertz CT molecular complexity index is 1430. The molecule has 2 fully saturated rings. The van der Waals surface area contributed by atoms with Crippen LogP contribution in [0, 0.1) is 5.92 Å². The summed E-state index contributed by atoms with van der Waals surface area (Å²) in [5.74, 6) is 0.293. The molecule has 0 unspecified atom stereocenters. The lowest BCUT2D eigenvalue weighted by Crippen LogP contribution is -2.53. The van der Waals surface area contributed by atoms with Crippen LogP contribution in [-0.2, 0) is 27.5 Å². The van der Waals surface area contributed by atoms with Crippen molar-refractivity contribution in [2.45, 2.75) is 69.4 Å². The summed E-state index contributed by atoms with van der Waals surface area (Å²) in [6.07, 6.45) is -0.258. The van der Waals surface area contributed by atoms with Crippen molar-refractivity contribution >= 4 is 5.71 Å². The molecule has 1 saturated carbocycles. The van der Waals surface area contributed by atoms with Gasteiger partial charge in [-0.05, 0) is 30.5 Å². The molecule has 2 N–H and O–H groups in total. The van der Waals surface area contributed by atoms with Crippen molar-refractivity contribution in [3.63, 3.8) is 0 Å². The molecule has 2 aromatic heterocycles. The number of nitrogens with zero attached hydrogens (tertiary/aromatic N) is 4. The molecule has 7 atom stereocenters. The number of furan rings is 1. The van der Waals surface area contributed by atoms with Gasteiger partial charge in [-0.15, -0.1) is 0 Å². The number of benzene rings is 1. The number of epoxide rings is 1. The molecule has 0 radical (unpaired) electrons. The molecule has 2 aliphatic heterocycles. The van der Waals surface area contributed by atoms with Crippen LogP contribution in [0.1, 0.15) is 43.2 Å². The van der Waals surface area contributed by atoms with E-state index in [0.29, 0.717) is 30.9 Å². The van der Waals surface area contributed by atoms with Crippen LogP contribution in [0.15, 0.2) is 67.9 Å². The van der Waals surface area contributed by atoms with Gasteiger partial charge in [-0.3, -0.25) is 0 Å². The van der Waals surface area contributed by atoms with E-state index in [1.54, 1.807) is 18.4 Å². The van der Waals surface area contributed by atoms with Gasteiger partial charge >= 0.3 is 11.4 Å². The van der Waals surface area contributed by atoms with Crippen LogP contribution >= 0.6 is 0 Å². The molecular formula is C27H32N4O8. The van der Waals surface area contributed by atoms with Crippen molar-refractivity contribution in [2.24, 2.45) is 11.1 Å². The topological polar surface area (TPSA) is 146 Å². The highest BCUT2D eigenvalue weighted by atomic mass is 16.6. The number of hydrogen-bond donors (Lipinski definition) is 2. The summed E-state index contributed by atoms with van der Waals surface area (Å²) in [5, 5.41) is 25.6. The summed E-state index contributed by atoms with van der Waals surface area (Å²) in [5.41, 5.74) is 0.587. The number of ether oxygens (including phenoxy) is 2. The Morgan fingerprint density at radius 1 is 1.13 bits per heavy atom. The maximum atomic E-state index is 13.8. The highest BCUT2D eigenvalue weighted by Gasteiger charge is 2.61. The second-order valence-electron chi connectivity index (χ2n) is 10.2. The third kappa shape index (κ3) is 4.67. The number of fused-ring (bicyclic) bond motifs is 4. The number of aliphatic hydroxyl groups excluding tert-OH is 2. The van der Waals surface area contributed by atoms with Crippen molar-refractivity contribution in [3.8, 4) is 0 Å². The van der Waals surface area contributed by atoms with Crippen molar-refractivity contribution in [3.05, 3.63) is 81.0 Å². The minimum Gasteiger partial charge on any atom is -0.467 e. The molecule has 0 bridgehead atoms. The average molecular weight is 541 g/mol. The molecule has 1 saturated heterocycles. The van der Waals surface area contributed by atoms with Crippen molar-refractivity contribution in [2.75, 3.05) is 13.2 Å². The normalized spacial score (nSPS) is 27.9. The smallest absolute Gasteiger partial charge is 0.348 e. The third-order valence-corrected chi connectivity index (χ3v) is 7.77. The van der Waals surface area contributed by atoms with Gasteiger partial charge in [0.25, 0.3) is 0 Å². The summed E-state index contributed by atoms with van der Waals surface area (Å²) in [4.78, 5) is 32.7. The first-order valence-electron chi connectivity index (χ1n) is 13.3. The molecule has 208 valence electrons. The Kier molecular flexibility index (Phi) is 7.02. The number of hydrogen-bond acceptors (Lipinski definition) is 9. The molecule has 12 heteroatoms. The van der Waals surface area contributed by atoms with E-state index in [0.717, 1.165) is 5.56 Å². The van der Waals surface area contributed by atoms with Crippen molar-refractivity contribution in [1.29, 1.82) is 0 Å². The van der Waals surface area contributed by atoms with E-state index < -0.39 is 47.9 Å². The molecule has 0 amide bonds. The molecule has 0 spiro atoms. The van der Waals surface area contributed by atoms with Gasteiger partial charge in [-0.2, -0.15) is 0 Å². The molecule has 6 rings (SSSR count). The molecular weight excluding hydrogens is 508 g/mol. The lowest BCUT2D eigenvalue weighted by atomic mass is 9.78. The molecule has 3 aromatic rings. The molecule has 4 heterocycles. The van der Waals surface area contributed by atoms with Crippen molar-refractivity contribution < 1.29 is 28.9 Å². The summed E-state index contributed by atoms with van der Waals surface area (Å²) in [7, 11) is 0. The van der Waals surface area contributed by atoms with Crippen LogP contribution < -0.4 is 11.4 Å². The number of rotatable bonds is 10. The van der Waals surface area contributed by atoms with Crippen LogP contribution in [0.25, 0.3) is 0 Å². The van der Waals surface area contributed by atoms with Gasteiger partial charge in [0, 0.05) is 12.5 Å². The van der Waals surface area contributed by atoms with Gasteiger partial charge in [-0.1, -0.05) is 42.4 Å². The van der Waals surface area contributed by atoms with Gasteiger partial charge in [0.1, 0.15) is 43.4 Å². The fourth-order valence-electron chi connectivity index (χ4n) is 5.90. The summed E-state index contributed by atoms with van der Waals surface area (Å²) < 4.78 is 20.5. The second kappa shape index (κ2) is 10.6. The van der Waals surface area contributed by atoms with Gasteiger partial charge < -0.3 is 28.9 Å². The van der Waals surface area contributed by atoms with Gasteiger partial charge in [0.05, 0.1) is 30.7 Å². The predicted octanol–water partition coefficient (Wildman–Crippen LogP) is 1.06. The van der Waals surface area contributed by atoms with Crippen LogP contribution in [0.3, 0.4) is 0 Å². The van der Waals surface area contributed by atoms with E-state index in [9.17, 15) is 19.8 Å². The molecule has 1 aromatic carbocycles. The maximum Gasteiger partial charge on any atom is 0.348 e. The maximum absolute atomic E-state index is 13.8. The Labute approximate surface area is 223 Å². The molecule has 39 heavy (non-hydrogen) atoms. The Morgan fingerprint density at radius 3 is 2.69 bits per heavy atom. The van der Waals surface area contributed by atoms with Gasteiger partial charge in [0.2, 0.25) is 0 Å². The minimum absolute atomic E-state index is 0.0358. The fraction of sp³-hybridized carbons (Fsp3) is 0.519. The van der Waals surface area contributed by atoms with E-state index in [1.165, 1.54) is 13.9 Å². The minimum atomic E-state index is -0.976. The van der Waals surface area contributed by atoms with E-state index in [-0.39, 0.29) is 25.7 Å². The Hall–Kier alpha value is -3.45. The zero-order valence-electron chi connectivity index (χ0n) is 21.5. The van der Waals surface area contributed by atoms with Crippen LogP contribution in [0.2, 0.25) is 0 Å². The van der Waals surface area contributed by atoms with E-state index in [4.69, 9.17) is 18.7 Å². The van der Waals surface area contributed by atoms with Gasteiger partial charge in [-0.25, -0.2) is 23.5 Å². The van der Waals surface area contributed by atoms with E-state index in [2.05, 4.69) is 5.16 Å². The first kappa shape index (κ1) is 25.8.